The molecule has 12 aromatic rings. The molecule has 14 rings (SSSR count). The highest BCUT2D eigenvalue weighted by Crippen LogP contribution is 2.63. The van der Waals surface area contributed by atoms with Gasteiger partial charge in [0, 0.05) is 33.8 Å². The van der Waals surface area contributed by atoms with Crippen LogP contribution >= 0.6 is 0 Å². The first-order chi connectivity index (χ1) is 38.3. The molecule has 0 spiro atoms. The molecule has 0 aliphatic heterocycles. The highest BCUT2D eigenvalue weighted by Gasteiger charge is 2.51. The molecular weight excluding hydrogens is 941 g/mol. The van der Waals surface area contributed by atoms with Gasteiger partial charge in [0.1, 0.15) is 0 Å². The number of aryl methyl sites for hydroxylation is 4. The van der Waals surface area contributed by atoms with Crippen LogP contribution in [-0.4, -0.2) is 0 Å². The maximum absolute atomic E-state index is 2.62. The lowest BCUT2D eigenvalue weighted by Crippen LogP contribution is -2.34. The molecule has 0 radical (unpaired) electrons. The van der Waals surface area contributed by atoms with Gasteiger partial charge in [0.2, 0.25) is 0 Å². The van der Waals surface area contributed by atoms with Gasteiger partial charge in [-0.2, -0.15) is 0 Å². The Morgan fingerprint density at radius 3 is 1.01 bits per heavy atom. The molecule has 0 fully saturated rings. The smallest absolute Gasteiger partial charge is 0.0714 e. The van der Waals surface area contributed by atoms with Crippen LogP contribution in [0.5, 0.6) is 0 Å². The number of hydrogen-bond acceptors (Lipinski definition) is 2. The van der Waals surface area contributed by atoms with Gasteiger partial charge in [0.25, 0.3) is 0 Å². The molecule has 2 aliphatic rings. The molecule has 2 nitrogen and oxygen atoms in total. The minimum atomic E-state index is -0.713. The Morgan fingerprint density at radius 2 is 0.590 bits per heavy atom. The van der Waals surface area contributed by atoms with Gasteiger partial charge in [-0.1, -0.05) is 222 Å². The number of benzene rings is 12. The number of hydrogen-bond donors (Lipinski definition) is 0. The Balaban J connectivity index is 1.12. The Labute approximate surface area is 458 Å². The van der Waals surface area contributed by atoms with Crippen LogP contribution in [-0.2, 0) is 10.8 Å². The lowest BCUT2D eigenvalue weighted by Gasteiger charge is -2.43. The minimum absolute atomic E-state index is 0.698. The molecule has 372 valence electrons. The maximum atomic E-state index is 2.62. The average Bonchev–Trinajstić information content (AvgIpc) is 3.68. The highest BCUT2D eigenvalue weighted by atomic mass is 15.1. The predicted molar refractivity (Wildman–Crippen MR) is 327 cm³/mol. The van der Waals surface area contributed by atoms with Crippen LogP contribution in [0.3, 0.4) is 0 Å². The van der Waals surface area contributed by atoms with Crippen LogP contribution in [0.15, 0.2) is 279 Å². The van der Waals surface area contributed by atoms with E-state index >= 15 is 0 Å². The van der Waals surface area contributed by atoms with E-state index in [1.54, 1.807) is 0 Å². The molecule has 0 saturated heterocycles. The van der Waals surface area contributed by atoms with Crippen LogP contribution in [0.25, 0.3) is 33.0 Å². The van der Waals surface area contributed by atoms with Gasteiger partial charge in [-0.05, 0) is 179 Å². The summed E-state index contributed by atoms with van der Waals surface area (Å²) in [4.78, 5) is 4.88. The van der Waals surface area contributed by atoms with E-state index in [4.69, 9.17) is 0 Å². The molecule has 2 aliphatic carbocycles. The van der Waals surface area contributed by atoms with Crippen LogP contribution in [0, 0.1) is 27.7 Å². The first-order valence-electron chi connectivity index (χ1n) is 27.3. The Morgan fingerprint density at radius 1 is 0.244 bits per heavy atom. The second kappa shape index (κ2) is 18.7. The van der Waals surface area contributed by atoms with Crippen molar-refractivity contribution in [3.63, 3.8) is 0 Å². The summed E-state index contributed by atoms with van der Waals surface area (Å²) in [6, 6.07) is 105. The van der Waals surface area contributed by atoms with Crippen molar-refractivity contribution in [3.05, 3.63) is 346 Å². The van der Waals surface area contributed by atoms with Gasteiger partial charge in [-0.25, -0.2) is 0 Å². The molecule has 0 aromatic heterocycles. The molecule has 0 heterocycles. The first kappa shape index (κ1) is 47.0. The molecule has 0 saturated carbocycles. The van der Waals surface area contributed by atoms with Crippen molar-refractivity contribution in [2.45, 2.75) is 38.5 Å². The predicted octanol–water partition coefficient (Wildman–Crippen LogP) is 19.7. The lowest BCUT2D eigenvalue weighted by molar-refractivity contribution is 0.743. The summed E-state index contributed by atoms with van der Waals surface area (Å²) in [6.07, 6.45) is 0. The normalized spacial score (nSPS) is 13.3. The fourth-order valence-corrected chi connectivity index (χ4v) is 13.3. The van der Waals surface area contributed by atoms with Crippen LogP contribution in [0.4, 0.5) is 34.1 Å². The summed E-state index contributed by atoms with van der Waals surface area (Å²) >= 11 is 0. The summed E-state index contributed by atoms with van der Waals surface area (Å²) in [5.74, 6) is 0. The molecule has 2 heteroatoms. The molecule has 0 unspecified atom stereocenters. The standard InChI is InChI=1S/C76H58N2/c1-51-28-36-59(37-29-51)77(60-38-30-52(2)31-39-60)63-44-45-64-67-49-72-68(50-71(67)76(70(64)48-63,57-22-13-7-14-23-57)58-24-15-8-16-25-58)65-46-47-73(78(61-40-32-53(3)33-41-61)62-42-34-54(4)35-43-62)66-26-17-27-69(74(65)66)75(72,55-18-9-5-10-19-55)56-20-11-6-12-21-56/h5-50H,1-4H3. The topological polar surface area (TPSA) is 6.48 Å². The van der Waals surface area contributed by atoms with Crippen LogP contribution < -0.4 is 9.80 Å². The van der Waals surface area contributed by atoms with Gasteiger partial charge < -0.3 is 9.80 Å². The monoisotopic (exact) mass is 998 g/mol. The quantitative estimate of drug-likeness (QED) is 0.135. The van der Waals surface area contributed by atoms with E-state index < -0.39 is 10.8 Å². The van der Waals surface area contributed by atoms with E-state index in [1.807, 2.05) is 0 Å². The molecular formula is C76H58N2. The van der Waals surface area contributed by atoms with Crippen LogP contribution in [0.2, 0.25) is 0 Å². The minimum Gasteiger partial charge on any atom is -0.310 e. The highest BCUT2D eigenvalue weighted by molar-refractivity contribution is 6.12. The van der Waals surface area contributed by atoms with Crippen molar-refractivity contribution in [2.75, 3.05) is 9.80 Å². The van der Waals surface area contributed by atoms with Crippen LogP contribution in [0.1, 0.15) is 66.8 Å². The SMILES string of the molecule is Cc1ccc(N(c2ccc(C)cc2)c2ccc3c(c2)C(c2ccccc2)(c2ccccc2)c2cc4c(cc2-3)C(c2ccccc2)(c2ccccc2)c2cccc3c(N(c5ccc(C)cc5)c5ccc(C)cc5)ccc-4c23)cc1. The molecule has 78 heavy (non-hydrogen) atoms. The summed E-state index contributed by atoms with van der Waals surface area (Å²) in [5.41, 5.74) is 25.2. The third-order valence-electron chi connectivity index (χ3n) is 16.9. The van der Waals surface area contributed by atoms with Crippen molar-refractivity contribution < 1.29 is 0 Å². The summed E-state index contributed by atoms with van der Waals surface area (Å²) < 4.78 is 0. The lowest BCUT2D eigenvalue weighted by atomic mass is 9.58. The zero-order valence-corrected chi connectivity index (χ0v) is 44.5. The van der Waals surface area contributed by atoms with Gasteiger partial charge in [-0.15, -0.1) is 0 Å². The molecule has 0 amide bonds. The summed E-state index contributed by atoms with van der Waals surface area (Å²) in [7, 11) is 0. The average molecular weight is 999 g/mol. The van der Waals surface area contributed by atoms with Gasteiger partial charge >= 0.3 is 0 Å². The zero-order valence-electron chi connectivity index (χ0n) is 44.5. The third kappa shape index (κ3) is 7.24. The van der Waals surface area contributed by atoms with Gasteiger partial charge in [0.15, 0.2) is 0 Å². The van der Waals surface area contributed by atoms with Crippen molar-refractivity contribution in [1.29, 1.82) is 0 Å². The number of rotatable bonds is 10. The van der Waals surface area contributed by atoms with E-state index in [0.717, 1.165) is 34.1 Å². The van der Waals surface area contributed by atoms with E-state index in [0.29, 0.717) is 0 Å². The van der Waals surface area contributed by atoms with E-state index in [9.17, 15) is 0 Å². The van der Waals surface area contributed by atoms with Crippen molar-refractivity contribution in [1.82, 2.24) is 0 Å². The second-order valence-electron chi connectivity index (χ2n) is 21.5. The van der Waals surface area contributed by atoms with Crippen molar-refractivity contribution in [3.8, 4) is 22.3 Å². The van der Waals surface area contributed by atoms with E-state index in [2.05, 4.69) is 317 Å². The van der Waals surface area contributed by atoms with E-state index in [1.165, 1.54) is 99.8 Å². The fraction of sp³-hybridized carbons (Fsp3) is 0.0789. The van der Waals surface area contributed by atoms with Gasteiger partial charge in [0.05, 0.1) is 16.5 Å². The Hall–Kier alpha value is -9.50. The Kier molecular flexibility index (Phi) is 11.2. The van der Waals surface area contributed by atoms with E-state index in [-0.39, 0.29) is 0 Å². The number of nitrogens with zero attached hydrogens (tertiary/aromatic N) is 2. The summed E-state index contributed by atoms with van der Waals surface area (Å²) in [5, 5.41) is 2.46. The largest absolute Gasteiger partial charge is 0.310 e. The fourth-order valence-electron chi connectivity index (χ4n) is 13.3. The third-order valence-corrected chi connectivity index (χ3v) is 16.9. The molecule has 0 bridgehead atoms. The first-order valence-corrected chi connectivity index (χ1v) is 27.3. The molecule has 12 aromatic carbocycles. The van der Waals surface area contributed by atoms with Gasteiger partial charge in [-0.3, -0.25) is 0 Å². The second-order valence-corrected chi connectivity index (χ2v) is 21.5. The summed E-state index contributed by atoms with van der Waals surface area (Å²) in [6.45, 7) is 8.65. The zero-order chi connectivity index (χ0) is 52.5. The number of anilines is 6. The number of fused-ring (bicyclic) bond motifs is 5. The molecule has 0 N–H and O–H groups in total. The van der Waals surface area contributed by atoms with Crippen molar-refractivity contribution >= 4 is 44.9 Å². The Bertz CT molecular complexity index is 4020. The maximum Gasteiger partial charge on any atom is 0.0714 e. The molecule has 0 atom stereocenters. The van der Waals surface area contributed by atoms with Crippen molar-refractivity contribution in [2.24, 2.45) is 0 Å².